The first-order chi connectivity index (χ1) is 11.0. The van der Waals surface area contributed by atoms with Crippen LogP contribution in [0.4, 0.5) is 10.1 Å². The summed E-state index contributed by atoms with van der Waals surface area (Å²) in [5, 5.41) is 20.1. The summed E-state index contributed by atoms with van der Waals surface area (Å²) in [5.74, 6) is -0.537. The van der Waals surface area contributed by atoms with Gasteiger partial charge in [-0.15, -0.1) is 0 Å². The van der Waals surface area contributed by atoms with E-state index in [0.717, 1.165) is 43.6 Å². The smallest absolute Gasteiger partial charge is 0.450 e. The summed E-state index contributed by atoms with van der Waals surface area (Å²) in [6.45, 7) is 3.60. The van der Waals surface area contributed by atoms with E-state index in [0.29, 0.717) is 5.56 Å². The van der Waals surface area contributed by atoms with Crippen molar-refractivity contribution in [1.29, 1.82) is 0 Å². The highest BCUT2D eigenvalue weighted by Crippen LogP contribution is 2.34. The molecule has 2 aromatic rings. The maximum Gasteiger partial charge on any atom is 0.450 e. The molecule has 5 nitrogen and oxygen atoms in total. The minimum absolute atomic E-state index is 0.0827. The number of benzene rings is 1. The summed E-state index contributed by atoms with van der Waals surface area (Å²) >= 11 is 14.4. The van der Waals surface area contributed by atoms with Crippen molar-refractivity contribution in [3.63, 3.8) is 0 Å². The second kappa shape index (κ2) is 8.64. The molecule has 3 rings (SSSR count). The van der Waals surface area contributed by atoms with Gasteiger partial charge in [0.15, 0.2) is 0 Å². The molecular formula is C13H15BCl3FN4O. The van der Waals surface area contributed by atoms with Crippen LogP contribution in [0.1, 0.15) is 0 Å². The van der Waals surface area contributed by atoms with Crippen molar-refractivity contribution in [3.05, 3.63) is 30.2 Å². The number of phenolic OH excluding ortho intramolecular Hbond substituents is 1. The third-order valence-corrected chi connectivity index (χ3v) is 3.31. The van der Waals surface area contributed by atoms with Crippen LogP contribution in [-0.2, 0) is 0 Å². The van der Waals surface area contributed by atoms with Crippen molar-refractivity contribution < 1.29 is 9.50 Å². The average Bonchev–Trinajstić information content (AvgIpc) is 2.97. The Hall–Kier alpha value is -1.15. The molecule has 1 fully saturated rings. The quantitative estimate of drug-likeness (QED) is 0.702. The molecule has 23 heavy (non-hydrogen) atoms. The molecule has 0 saturated carbocycles. The van der Waals surface area contributed by atoms with Crippen molar-refractivity contribution >= 4 is 45.0 Å². The van der Waals surface area contributed by atoms with Gasteiger partial charge in [-0.3, -0.25) is 5.10 Å². The van der Waals surface area contributed by atoms with Gasteiger partial charge in [0.05, 0.1) is 17.6 Å². The number of aromatic nitrogens is 2. The fourth-order valence-corrected chi connectivity index (χ4v) is 2.34. The number of piperazine rings is 1. The van der Waals surface area contributed by atoms with Gasteiger partial charge >= 0.3 is 4.96 Å². The highest BCUT2D eigenvalue weighted by molar-refractivity contribution is 7.54. The number of rotatable bonds is 2. The number of hydrogen-bond donors (Lipinski definition) is 3. The fourth-order valence-electron chi connectivity index (χ4n) is 2.34. The molecule has 1 aromatic heterocycles. The Balaban J connectivity index is 0.000000433. The van der Waals surface area contributed by atoms with Gasteiger partial charge in [-0.1, -0.05) is 0 Å². The molecule has 0 radical (unpaired) electrons. The molecule has 0 unspecified atom stereocenters. The Labute approximate surface area is 148 Å². The number of aromatic amines is 1. The molecule has 1 aliphatic rings. The van der Waals surface area contributed by atoms with E-state index in [1.54, 1.807) is 12.3 Å². The number of phenols is 1. The van der Waals surface area contributed by atoms with Gasteiger partial charge in [-0.25, -0.2) is 4.39 Å². The highest BCUT2D eigenvalue weighted by Gasteiger charge is 2.18. The molecule has 124 valence electrons. The third-order valence-electron chi connectivity index (χ3n) is 3.31. The van der Waals surface area contributed by atoms with E-state index in [1.165, 1.54) is 6.07 Å². The maximum atomic E-state index is 13.0. The molecule has 2 heterocycles. The second-order valence-corrected chi connectivity index (χ2v) is 6.76. The van der Waals surface area contributed by atoms with E-state index >= 15 is 0 Å². The third kappa shape index (κ3) is 5.17. The summed E-state index contributed by atoms with van der Waals surface area (Å²) in [5.41, 5.74) is 2.22. The predicted molar refractivity (Wildman–Crippen MR) is 94.0 cm³/mol. The number of aromatic hydroxyl groups is 1. The van der Waals surface area contributed by atoms with E-state index in [2.05, 4.69) is 20.4 Å². The zero-order valence-electron chi connectivity index (χ0n) is 12.1. The van der Waals surface area contributed by atoms with E-state index in [9.17, 15) is 9.50 Å². The fraction of sp³-hybridized carbons (Fsp3) is 0.308. The first kappa shape index (κ1) is 18.2. The Morgan fingerprint density at radius 1 is 1.22 bits per heavy atom. The van der Waals surface area contributed by atoms with Crippen molar-refractivity contribution in [2.24, 2.45) is 0 Å². The Morgan fingerprint density at radius 2 is 1.87 bits per heavy atom. The molecule has 0 amide bonds. The predicted octanol–water partition coefficient (Wildman–Crippen LogP) is 3.02. The van der Waals surface area contributed by atoms with Gasteiger partial charge in [0.25, 0.3) is 0 Å². The van der Waals surface area contributed by atoms with E-state index < -0.39 is 10.8 Å². The first-order valence-electron chi connectivity index (χ1n) is 6.89. The van der Waals surface area contributed by atoms with Gasteiger partial charge < -0.3 is 15.3 Å². The van der Waals surface area contributed by atoms with Gasteiger partial charge in [0, 0.05) is 37.8 Å². The summed E-state index contributed by atoms with van der Waals surface area (Å²) in [6, 6.07) is 4.00. The number of nitrogens with zero attached hydrogens (tertiary/aromatic N) is 2. The van der Waals surface area contributed by atoms with E-state index in [1.807, 2.05) is 0 Å². The number of anilines is 1. The summed E-state index contributed by atoms with van der Waals surface area (Å²) in [7, 11) is 0. The van der Waals surface area contributed by atoms with Crippen molar-refractivity contribution in [2.75, 3.05) is 31.1 Å². The summed E-state index contributed by atoms with van der Waals surface area (Å²) in [4.78, 5) is 1.44. The lowest BCUT2D eigenvalue weighted by Gasteiger charge is -2.29. The number of halogens is 4. The number of nitrogens with one attached hydrogen (secondary N) is 2. The molecular weight excluding hydrogens is 364 g/mol. The molecule has 3 N–H and O–H groups in total. The molecule has 0 aliphatic carbocycles. The van der Waals surface area contributed by atoms with Crippen molar-refractivity contribution in [3.8, 4) is 17.0 Å². The molecule has 1 aliphatic heterocycles. The largest absolute Gasteiger partial charge is 0.507 e. The maximum absolute atomic E-state index is 13.0. The van der Waals surface area contributed by atoms with Crippen LogP contribution in [0.25, 0.3) is 11.3 Å². The van der Waals surface area contributed by atoms with Gasteiger partial charge in [0.1, 0.15) is 11.6 Å². The summed E-state index contributed by atoms with van der Waals surface area (Å²) in [6.07, 6.45) is 1.74. The molecule has 0 spiro atoms. The van der Waals surface area contributed by atoms with Crippen molar-refractivity contribution in [2.45, 2.75) is 0 Å². The minimum atomic E-state index is -0.750. The van der Waals surface area contributed by atoms with Crippen LogP contribution in [0.5, 0.6) is 5.75 Å². The van der Waals surface area contributed by atoms with Crippen LogP contribution in [0.15, 0.2) is 24.4 Å². The van der Waals surface area contributed by atoms with Gasteiger partial charge in [-0.2, -0.15) is 39.5 Å². The molecule has 1 saturated heterocycles. The van der Waals surface area contributed by atoms with Gasteiger partial charge in [0.2, 0.25) is 0 Å². The van der Waals surface area contributed by atoms with Crippen LogP contribution >= 0.6 is 34.4 Å². The monoisotopic (exact) mass is 378 g/mol. The topological polar surface area (TPSA) is 64.2 Å². The SMILES string of the molecule is ClB(Cl)Cl.Oc1cc(F)ccc1-c1[nH]ncc1N1CCNCC1. The standard InChI is InChI=1S/C13H15FN4O.BCl3/c14-9-1-2-10(12(19)7-9)13-11(8-16-17-13)18-5-3-15-4-6-18;2-1(3)4/h1-2,7-8,15,19H,3-6H2,(H,16,17);. The van der Waals surface area contributed by atoms with Crippen LogP contribution in [-0.4, -0.2) is 46.4 Å². The van der Waals surface area contributed by atoms with Crippen molar-refractivity contribution in [1.82, 2.24) is 15.5 Å². The minimum Gasteiger partial charge on any atom is -0.507 e. The van der Waals surface area contributed by atoms with Gasteiger partial charge in [-0.05, 0) is 12.1 Å². The number of H-pyrrole nitrogens is 1. The van der Waals surface area contributed by atoms with Crippen LogP contribution in [0.2, 0.25) is 0 Å². The second-order valence-electron chi connectivity index (χ2n) is 4.78. The molecule has 10 heteroatoms. The molecule has 0 atom stereocenters. The highest BCUT2D eigenvalue weighted by atomic mass is 35.6. The van der Waals surface area contributed by atoms with E-state index in [4.69, 9.17) is 34.4 Å². The molecule has 0 bridgehead atoms. The zero-order valence-corrected chi connectivity index (χ0v) is 14.3. The first-order valence-corrected chi connectivity index (χ1v) is 8.20. The summed E-state index contributed by atoms with van der Waals surface area (Å²) < 4.78 is 13.0. The lowest BCUT2D eigenvalue weighted by atomic mass is 10.1. The Bertz CT molecular complexity index is 635. The normalized spacial score (nSPS) is 14.2. The van der Waals surface area contributed by atoms with E-state index in [-0.39, 0.29) is 5.75 Å². The zero-order chi connectivity index (χ0) is 16.8. The number of hydrogen-bond acceptors (Lipinski definition) is 4. The average molecular weight is 379 g/mol. The lowest BCUT2D eigenvalue weighted by molar-refractivity contribution is 0.471. The van der Waals surface area contributed by atoms with Crippen LogP contribution in [0.3, 0.4) is 0 Å². The Kier molecular flexibility index (Phi) is 6.83. The lowest BCUT2D eigenvalue weighted by Crippen LogP contribution is -2.43. The Morgan fingerprint density at radius 3 is 2.48 bits per heavy atom. The molecule has 1 aromatic carbocycles. The van der Waals surface area contributed by atoms with Crippen LogP contribution in [0, 0.1) is 5.82 Å². The van der Waals surface area contributed by atoms with Crippen LogP contribution < -0.4 is 10.2 Å².